The number of halogens is 5. The zero-order chi connectivity index (χ0) is 12.3. The van der Waals surface area contributed by atoms with Crippen molar-refractivity contribution < 1.29 is 17.6 Å². The van der Waals surface area contributed by atoms with E-state index >= 15 is 0 Å². The Labute approximate surface area is 94.8 Å². The van der Waals surface area contributed by atoms with Crippen molar-refractivity contribution in [2.24, 2.45) is 0 Å². The highest BCUT2D eigenvalue weighted by Gasteiger charge is 2.27. The van der Waals surface area contributed by atoms with Crippen molar-refractivity contribution in [1.29, 1.82) is 0 Å². The first kappa shape index (κ1) is 13.0. The van der Waals surface area contributed by atoms with E-state index < -0.39 is 18.4 Å². The fourth-order valence-electron chi connectivity index (χ4n) is 1.09. The highest BCUT2D eigenvalue weighted by atomic mass is 35.5. The molecule has 1 aromatic rings. The summed E-state index contributed by atoms with van der Waals surface area (Å²) in [6.45, 7) is -0.352. The Kier molecular flexibility index (Phi) is 3.96. The molecule has 0 aliphatic carbocycles. The molecule has 0 bridgehead atoms. The topological polar surface area (TPSA) is 16.1 Å². The molecule has 1 heterocycles. The van der Waals surface area contributed by atoms with E-state index in [0.717, 1.165) is 11.0 Å². The first-order chi connectivity index (χ1) is 7.29. The Morgan fingerprint density at radius 2 is 2.06 bits per heavy atom. The summed E-state index contributed by atoms with van der Waals surface area (Å²) < 4.78 is 49.1. The summed E-state index contributed by atoms with van der Waals surface area (Å²) in [5.41, 5.74) is 0. The van der Waals surface area contributed by atoms with Gasteiger partial charge in [-0.15, -0.1) is 0 Å². The summed E-state index contributed by atoms with van der Waals surface area (Å²) in [7, 11) is 1.34. The van der Waals surface area contributed by atoms with Gasteiger partial charge in [-0.2, -0.15) is 13.2 Å². The smallest absolute Gasteiger partial charge is 0.357 e. The van der Waals surface area contributed by atoms with Crippen LogP contribution in [0.1, 0.15) is 6.42 Å². The number of hydrogen-bond donors (Lipinski definition) is 0. The van der Waals surface area contributed by atoms with Crippen LogP contribution in [0.25, 0.3) is 0 Å². The molecule has 7 heteroatoms. The molecule has 90 valence electrons. The van der Waals surface area contributed by atoms with E-state index in [1.165, 1.54) is 13.2 Å². The Bertz CT molecular complexity index is 367. The van der Waals surface area contributed by atoms with Gasteiger partial charge in [0.2, 0.25) is 0 Å². The van der Waals surface area contributed by atoms with Crippen LogP contribution in [0.5, 0.6) is 0 Å². The predicted molar refractivity (Wildman–Crippen MR) is 53.1 cm³/mol. The van der Waals surface area contributed by atoms with Crippen LogP contribution in [-0.2, 0) is 0 Å². The van der Waals surface area contributed by atoms with Crippen LogP contribution in [0, 0.1) is 5.82 Å². The molecule has 2 nitrogen and oxygen atoms in total. The van der Waals surface area contributed by atoms with Crippen LogP contribution in [0.4, 0.5) is 23.4 Å². The molecule has 0 saturated carbocycles. The maximum atomic E-state index is 13.3. The van der Waals surface area contributed by atoms with Crippen LogP contribution in [-0.4, -0.2) is 24.8 Å². The number of nitrogens with zero attached hydrogens (tertiary/aromatic N) is 2. The van der Waals surface area contributed by atoms with E-state index in [9.17, 15) is 17.6 Å². The number of anilines is 1. The SMILES string of the molecule is CN(CCC(F)(F)F)c1ncc(Cl)cc1F. The van der Waals surface area contributed by atoms with Crippen molar-refractivity contribution in [2.45, 2.75) is 12.6 Å². The average Bonchev–Trinajstić information content (AvgIpc) is 2.13. The van der Waals surface area contributed by atoms with E-state index in [-0.39, 0.29) is 17.4 Å². The summed E-state index contributed by atoms with van der Waals surface area (Å²) in [4.78, 5) is 4.73. The summed E-state index contributed by atoms with van der Waals surface area (Å²) >= 11 is 5.47. The fourth-order valence-corrected chi connectivity index (χ4v) is 1.23. The molecule has 0 atom stereocenters. The number of hydrogen-bond acceptors (Lipinski definition) is 2. The minimum atomic E-state index is -4.27. The quantitative estimate of drug-likeness (QED) is 0.772. The summed E-state index contributed by atoms with van der Waals surface area (Å²) in [6.07, 6.45) is -4.10. The molecular formula is C9H9ClF4N2. The zero-order valence-corrected chi connectivity index (χ0v) is 9.11. The summed E-state index contributed by atoms with van der Waals surface area (Å²) in [5, 5.41) is 0.102. The summed E-state index contributed by atoms with van der Waals surface area (Å²) in [5.74, 6) is -0.883. The fraction of sp³-hybridized carbons (Fsp3) is 0.444. The molecule has 0 unspecified atom stereocenters. The van der Waals surface area contributed by atoms with Gasteiger partial charge in [-0.05, 0) is 6.07 Å². The van der Waals surface area contributed by atoms with Gasteiger partial charge in [-0.1, -0.05) is 11.6 Å². The molecule has 0 aromatic carbocycles. The second kappa shape index (κ2) is 4.86. The van der Waals surface area contributed by atoms with E-state index in [2.05, 4.69) is 4.98 Å². The molecule has 0 amide bonds. The second-order valence-electron chi connectivity index (χ2n) is 3.25. The van der Waals surface area contributed by atoms with Crippen molar-refractivity contribution in [2.75, 3.05) is 18.5 Å². The molecular weight excluding hydrogens is 248 g/mol. The number of alkyl halides is 3. The van der Waals surface area contributed by atoms with Gasteiger partial charge in [-0.25, -0.2) is 9.37 Å². The van der Waals surface area contributed by atoms with Crippen LogP contribution in [0.2, 0.25) is 5.02 Å². The van der Waals surface area contributed by atoms with E-state index in [0.29, 0.717) is 0 Å². The third-order valence-corrected chi connectivity index (χ3v) is 2.09. The van der Waals surface area contributed by atoms with Crippen molar-refractivity contribution >= 4 is 17.4 Å². The predicted octanol–water partition coefficient (Wildman–Crippen LogP) is 3.26. The van der Waals surface area contributed by atoms with Gasteiger partial charge in [0.15, 0.2) is 11.6 Å². The lowest BCUT2D eigenvalue weighted by molar-refractivity contribution is -0.132. The zero-order valence-electron chi connectivity index (χ0n) is 8.35. The first-order valence-electron chi connectivity index (χ1n) is 4.38. The Morgan fingerprint density at radius 1 is 1.44 bits per heavy atom. The maximum absolute atomic E-state index is 13.3. The second-order valence-corrected chi connectivity index (χ2v) is 3.68. The number of rotatable bonds is 3. The molecule has 16 heavy (non-hydrogen) atoms. The van der Waals surface area contributed by atoms with Crippen molar-refractivity contribution in [3.8, 4) is 0 Å². The normalized spacial score (nSPS) is 11.6. The van der Waals surface area contributed by atoms with Crippen molar-refractivity contribution in [1.82, 2.24) is 4.98 Å². The van der Waals surface area contributed by atoms with E-state index in [4.69, 9.17) is 11.6 Å². The Hall–Kier alpha value is -1.04. The molecule has 0 radical (unpaired) electrons. The lowest BCUT2D eigenvalue weighted by atomic mass is 10.3. The lowest BCUT2D eigenvalue weighted by Crippen LogP contribution is -2.25. The number of aromatic nitrogens is 1. The minimum absolute atomic E-state index is 0.102. The minimum Gasteiger partial charge on any atom is -0.357 e. The van der Waals surface area contributed by atoms with Gasteiger partial charge in [0.05, 0.1) is 11.4 Å². The Morgan fingerprint density at radius 3 is 2.56 bits per heavy atom. The van der Waals surface area contributed by atoms with Crippen LogP contribution in [0.3, 0.4) is 0 Å². The third kappa shape index (κ3) is 3.84. The van der Waals surface area contributed by atoms with Gasteiger partial charge in [-0.3, -0.25) is 0 Å². The molecule has 0 aliphatic heterocycles. The number of pyridine rings is 1. The van der Waals surface area contributed by atoms with Gasteiger partial charge in [0, 0.05) is 19.8 Å². The third-order valence-electron chi connectivity index (χ3n) is 1.88. The van der Waals surface area contributed by atoms with Crippen LogP contribution < -0.4 is 4.90 Å². The monoisotopic (exact) mass is 256 g/mol. The molecule has 0 N–H and O–H groups in total. The lowest BCUT2D eigenvalue weighted by Gasteiger charge is -2.19. The van der Waals surface area contributed by atoms with Crippen LogP contribution in [0.15, 0.2) is 12.3 Å². The summed E-state index contributed by atoms with van der Waals surface area (Å²) in [6, 6.07) is 1.01. The van der Waals surface area contributed by atoms with Gasteiger partial charge < -0.3 is 4.90 Å². The molecule has 0 saturated heterocycles. The van der Waals surface area contributed by atoms with E-state index in [1.807, 2.05) is 0 Å². The molecule has 0 spiro atoms. The van der Waals surface area contributed by atoms with Gasteiger partial charge >= 0.3 is 6.18 Å². The van der Waals surface area contributed by atoms with Crippen LogP contribution >= 0.6 is 11.6 Å². The highest BCUT2D eigenvalue weighted by molar-refractivity contribution is 6.30. The molecule has 0 aliphatic rings. The molecule has 1 rings (SSSR count). The largest absolute Gasteiger partial charge is 0.390 e. The maximum Gasteiger partial charge on any atom is 0.390 e. The average molecular weight is 257 g/mol. The standard InChI is InChI=1S/C9H9ClF4N2/c1-16(3-2-9(12,13)14)8-7(11)4-6(10)5-15-8/h4-5H,2-3H2,1H3. The Balaban J connectivity index is 2.70. The van der Waals surface area contributed by atoms with Crippen molar-refractivity contribution in [3.05, 3.63) is 23.1 Å². The first-order valence-corrected chi connectivity index (χ1v) is 4.76. The molecule has 0 fully saturated rings. The van der Waals surface area contributed by atoms with Crippen molar-refractivity contribution in [3.63, 3.8) is 0 Å². The van der Waals surface area contributed by atoms with E-state index in [1.54, 1.807) is 0 Å². The van der Waals surface area contributed by atoms with Gasteiger partial charge in [0.1, 0.15) is 0 Å². The molecule has 1 aromatic heterocycles. The van der Waals surface area contributed by atoms with Gasteiger partial charge in [0.25, 0.3) is 0 Å². The highest BCUT2D eigenvalue weighted by Crippen LogP contribution is 2.23.